The Morgan fingerprint density at radius 2 is 1.83 bits per heavy atom. The summed E-state index contributed by atoms with van der Waals surface area (Å²) in [7, 11) is 0. The zero-order valence-corrected chi connectivity index (χ0v) is 17.3. The normalized spacial score (nSPS) is 11.4. The van der Waals surface area contributed by atoms with Crippen LogP contribution in [0, 0.1) is 0 Å². The van der Waals surface area contributed by atoms with Crippen molar-refractivity contribution in [2.24, 2.45) is 5.10 Å². The average Bonchev–Trinajstić information content (AvgIpc) is 2.74. The maximum atomic E-state index is 12.2. The summed E-state index contributed by atoms with van der Waals surface area (Å²) in [6.07, 6.45) is 1.64. The first-order valence-corrected chi connectivity index (χ1v) is 9.96. The van der Waals surface area contributed by atoms with E-state index in [1.54, 1.807) is 6.21 Å². The molecule has 5 nitrogen and oxygen atoms in total. The van der Waals surface area contributed by atoms with E-state index >= 15 is 0 Å². The van der Waals surface area contributed by atoms with Gasteiger partial charge >= 0.3 is 0 Å². The molecule has 0 fully saturated rings. The monoisotopic (exact) mass is 409 g/mol. The summed E-state index contributed by atoms with van der Waals surface area (Å²) in [5, 5.41) is 16.0. The molecule has 0 heterocycles. The molecule has 29 heavy (non-hydrogen) atoms. The van der Waals surface area contributed by atoms with Crippen LogP contribution in [-0.2, 0) is 6.54 Å². The lowest BCUT2D eigenvalue weighted by molar-refractivity contribution is 0.0955. The van der Waals surface area contributed by atoms with Crippen molar-refractivity contribution in [3.05, 3.63) is 76.3 Å². The summed E-state index contributed by atoms with van der Waals surface area (Å²) in [6, 6.07) is 16.6. The van der Waals surface area contributed by atoms with E-state index in [2.05, 4.69) is 47.5 Å². The van der Waals surface area contributed by atoms with Crippen molar-refractivity contribution < 1.29 is 9.90 Å². The van der Waals surface area contributed by atoms with Crippen LogP contribution in [0.4, 0.5) is 0 Å². The topological polar surface area (TPSA) is 64.9 Å². The molecule has 0 unspecified atom stereocenters. The predicted octanol–water partition coefficient (Wildman–Crippen LogP) is 4.80. The number of amides is 1. The van der Waals surface area contributed by atoms with Crippen molar-refractivity contribution in [3.8, 4) is 5.75 Å². The van der Waals surface area contributed by atoms with E-state index in [0.29, 0.717) is 5.56 Å². The van der Waals surface area contributed by atoms with Gasteiger partial charge in [-0.15, -0.1) is 0 Å². The largest absolute Gasteiger partial charge is 0.506 e. The van der Waals surface area contributed by atoms with E-state index in [-0.39, 0.29) is 10.8 Å². The molecule has 3 aromatic rings. The Kier molecular flexibility index (Phi) is 6.86. The Labute approximate surface area is 175 Å². The highest BCUT2D eigenvalue weighted by Gasteiger charge is 2.09. The Morgan fingerprint density at radius 1 is 1.10 bits per heavy atom. The van der Waals surface area contributed by atoms with Gasteiger partial charge in [-0.1, -0.05) is 61.8 Å². The maximum absolute atomic E-state index is 12.2. The standard InChI is InChI=1S/C23H24ClN3O2/c1-3-27(4-2)15-18-10-9-17(19-7-5-6-8-20(18)19)14-25-26-23(29)16-11-12-22(28)21(24)13-16/h5-14,28H,3-4,15H2,1-2H3,(H,26,29)/b25-14+. The SMILES string of the molecule is CCN(CC)Cc1ccc(/C=N/NC(=O)c2ccc(O)c(Cl)c2)c2ccccc12. The van der Waals surface area contributed by atoms with Gasteiger partial charge in [-0.05, 0) is 47.6 Å². The van der Waals surface area contributed by atoms with E-state index in [1.165, 1.54) is 29.1 Å². The zero-order valence-electron chi connectivity index (χ0n) is 16.5. The number of benzene rings is 3. The van der Waals surface area contributed by atoms with Crippen molar-refractivity contribution in [2.45, 2.75) is 20.4 Å². The molecule has 0 spiro atoms. The number of fused-ring (bicyclic) bond motifs is 1. The molecule has 0 atom stereocenters. The Morgan fingerprint density at radius 3 is 2.52 bits per heavy atom. The second-order valence-corrected chi connectivity index (χ2v) is 7.09. The number of halogens is 1. The molecule has 0 aliphatic heterocycles. The van der Waals surface area contributed by atoms with E-state index in [1.807, 2.05) is 18.2 Å². The molecule has 2 N–H and O–H groups in total. The maximum Gasteiger partial charge on any atom is 0.271 e. The first-order chi connectivity index (χ1) is 14.0. The van der Waals surface area contributed by atoms with Gasteiger partial charge in [0, 0.05) is 17.7 Å². The quantitative estimate of drug-likeness (QED) is 0.435. The van der Waals surface area contributed by atoms with Gasteiger partial charge in [0.05, 0.1) is 11.2 Å². The van der Waals surface area contributed by atoms with Gasteiger partial charge in [0.2, 0.25) is 0 Å². The lowest BCUT2D eigenvalue weighted by atomic mass is 9.99. The van der Waals surface area contributed by atoms with E-state index in [0.717, 1.165) is 30.6 Å². The number of carbonyl (C=O) groups is 1. The highest BCUT2D eigenvalue weighted by molar-refractivity contribution is 6.32. The first kappa shape index (κ1) is 20.8. The molecule has 0 aliphatic rings. The number of nitrogens with zero attached hydrogens (tertiary/aromatic N) is 2. The number of phenols is 1. The van der Waals surface area contributed by atoms with Crippen LogP contribution < -0.4 is 5.43 Å². The van der Waals surface area contributed by atoms with Gasteiger partial charge in [0.1, 0.15) is 5.75 Å². The Hall–Kier alpha value is -2.89. The van der Waals surface area contributed by atoms with Gasteiger partial charge in [-0.2, -0.15) is 5.10 Å². The molecule has 3 aromatic carbocycles. The van der Waals surface area contributed by atoms with Crippen LogP contribution >= 0.6 is 11.6 Å². The minimum Gasteiger partial charge on any atom is -0.506 e. The molecule has 0 saturated heterocycles. The molecular weight excluding hydrogens is 386 g/mol. The number of hydrogen-bond acceptors (Lipinski definition) is 4. The second-order valence-electron chi connectivity index (χ2n) is 6.69. The van der Waals surface area contributed by atoms with Crippen LogP contribution in [0.1, 0.15) is 35.3 Å². The number of rotatable bonds is 7. The van der Waals surface area contributed by atoms with E-state index in [9.17, 15) is 9.90 Å². The van der Waals surface area contributed by atoms with Gasteiger partial charge in [-0.3, -0.25) is 9.69 Å². The molecule has 0 aromatic heterocycles. The highest BCUT2D eigenvalue weighted by atomic mass is 35.5. The summed E-state index contributed by atoms with van der Waals surface area (Å²) >= 11 is 5.85. The van der Waals surface area contributed by atoms with Gasteiger partial charge in [-0.25, -0.2) is 5.43 Å². The van der Waals surface area contributed by atoms with Crippen molar-refractivity contribution in [1.29, 1.82) is 0 Å². The summed E-state index contributed by atoms with van der Waals surface area (Å²) in [6.45, 7) is 7.22. The number of carbonyl (C=O) groups excluding carboxylic acids is 1. The fourth-order valence-corrected chi connectivity index (χ4v) is 3.38. The van der Waals surface area contributed by atoms with E-state index < -0.39 is 5.91 Å². The van der Waals surface area contributed by atoms with Crippen molar-refractivity contribution in [2.75, 3.05) is 13.1 Å². The molecule has 3 rings (SSSR count). The molecule has 150 valence electrons. The zero-order chi connectivity index (χ0) is 20.8. The molecule has 0 aliphatic carbocycles. The fourth-order valence-electron chi connectivity index (χ4n) is 3.20. The number of phenolic OH excluding ortho intramolecular Hbond substituents is 1. The lowest BCUT2D eigenvalue weighted by Gasteiger charge is -2.19. The van der Waals surface area contributed by atoms with Crippen LogP contribution in [0.25, 0.3) is 10.8 Å². The van der Waals surface area contributed by atoms with Crippen LogP contribution in [0.15, 0.2) is 59.7 Å². The van der Waals surface area contributed by atoms with Crippen LogP contribution in [0.3, 0.4) is 0 Å². The minimum atomic E-state index is -0.398. The third kappa shape index (κ3) is 4.94. The first-order valence-electron chi connectivity index (χ1n) is 9.58. The number of hydrogen-bond donors (Lipinski definition) is 2. The molecule has 0 bridgehead atoms. The van der Waals surface area contributed by atoms with Gasteiger partial charge in [0.15, 0.2) is 0 Å². The van der Waals surface area contributed by atoms with Crippen molar-refractivity contribution in [1.82, 2.24) is 10.3 Å². The molecule has 0 saturated carbocycles. The van der Waals surface area contributed by atoms with Crippen molar-refractivity contribution in [3.63, 3.8) is 0 Å². The van der Waals surface area contributed by atoms with Gasteiger partial charge in [0.25, 0.3) is 5.91 Å². The number of hydrazone groups is 1. The highest BCUT2D eigenvalue weighted by Crippen LogP contribution is 2.24. The summed E-state index contributed by atoms with van der Waals surface area (Å²) in [4.78, 5) is 14.6. The smallest absolute Gasteiger partial charge is 0.271 e. The molecular formula is C23H24ClN3O2. The molecule has 6 heteroatoms. The number of aromatic hydroxyl groups is 1. The van der Waals surface area contributed by atoms with E-state index in [4.69, 9.17) is 11.6 Å². The third-order valence-electron chi connectivity index (χ3n) is 4.92. The Bertz CT molecular complexity index is 1050. The minimum absolute atomic E-state index is 0.0667. The van der Waals surface area contributed by atoms with Crippen LogP contribution in [0.2, 0.25) is 5.02 Å². The molecule has 1 amide bonds. The van der Waals surface area contributed by atoms with Gasteiger partial charge < -0.3 is 5.11 Å². The number of nitrogens with one attached hydrogen (secondary N) is 1. The second kappa shape index (κ2) is 9.54. The fraction of sp³-hybridized carbons (Fsp3) is 0.217. The Balaban J connectivity index is 1.81. The van der Waals surface area contributed by atoms with Crippen molar-refractivity contribution >= 4 is 34.5 Å². The predicted molar refractivity (Wildman–Crippen MR) is 119 cm³/mol. The van der Waals surface area contributed by atoms with Crippen LogP contribution in [-0.4, -0.2) is 35.2 Å². The lowest BCUT2D eigenvalue weighted by Crippen LogP contribution is -2.22. The summed E-state index contributed by atoms with van der Waals surface area (Å²) in [5.74, 6) is -0.464. The average molecular weight is 410 g/mol. The third-order valence-corrected chi connectivity index (χ3v) is 5.22. The summed E-state index contributed by atoms with van der Waals surface area (Å²) in [5.41, 5.74) is 5.02. The van der Waals surface area contributed by atoms with Crippen LogP contribution in [0.5, 0.6) is 5.75 Å². The summed E-state index contributed by atoms with van der Waals surface area (Å²) < 4.78 is 0. The molecule has 0 radical (unpaired) electrons.